The third-order valence-corrected chi connectivity index (χ3v) is 9.19. The summed E-state index contributed by atoms with van der Waals surface area (Å²) in [6.07, 6.45) is 7.25. The van der Waals surface area contributed by atoms with Gasteiger partial charge < -0.3 is 24.2 Å². The number of ether oxygens (including phenoxy) is 2. The quantitative estimate of drug-likeness (QED) is 0.111. The molecule has 0 radical (unpaired) electrons. The molecule has 0 saturated carbocycles. The maximum absolute atomic E-state index is 6.00. The Bertz CT molecular complexity index is 1620. The molecule has 0 unspecified atom stereocenters. The third-order valence-electron chi connectivity index (χ3n) is 9.19. The van der Waals surface area contributed by atoms with E-state index in [1.807, 2.05) is 0 Å². The Labute approximate surface area is 282 Å². The van der Waals surface area contributed by atoms with E-state index in [-0.39, 0.29) is 0 Å². The monoisotopic (exact) mass is 627 g/mol. The van der Waals surface area contributed by atoms with Crippen molar-refractivity contribution in [1.82, 2.24) is 4.90 Å². The highest BCUT2D eigenvalue weighted by Crippen LogP contribution is 2.37. The molecule has 5 nitrogen and oxygen atoms in total. The molecule has 2 aliphatic rings. The molecule has 47 heavy (non-hydrogen) atoms. The van der Waals surface area contributed by atoms with Crippen LogP contribution >= 0.6 is 0 Å². The fraction of sp³-hybridized carbons (Fsp3) is 0.381. The van der Waals surface area contributed by atoms with Crippen LogP contribution in [0.15, 0.2) is 91.0 Å². The van der Waals surface area contributed by atoms with Gasteiger partial charge in [-0.3, -0.25) is 0 Å². The summed E-state index contributed by atoms with van der Waals surface area (Å²) in [6, 6.07) is 33.2. The minimum absolute atomic E-state index is 0.431. The first-order chi connectivity index (χ1) is 23.2. The number of nitrogens with zero attached hydrogens (tertiary/aromatic N) is 3. The molecule has 4 aromatic carbocycles. The predicted molar refractivity (Wildman–Crippen MR) is 196 cm³/mol. The molecule has 5 heteroatoms. The predicted octanol–water partition coefficient (Wildman–Crippen LogP) is 7.98. The largest absolute Gasteiger partial charge is 0.381 e. The molecule has 6 rings (SSSR count). The van der Waals surface area contributed by atoms with E-state index in [0.29, 0.717) is 19.8 Å². The van der Waals surface area contributed by atoms with Gasteiger partial charge in [-0.1, -0.05) is 72.5 Å². The van der Waals surface area contributed by atoms with Crippen molar-refractivity contribution >= 4 is 22.7 Å². The van der Waals surface area contributed by atoms with Crippen LogP contribution in [-0.2, 0) is 35.2 Å². The topological polar surface area (TPSA) is 28.2 Å². The van der Waals surface area contributed by atoms with Crippen molar-refractivity contribution in [3.63, 3.8) is 0 Å². The van der Waals surface area contributed by atoms with Crippen LogP contribution in [0.5, 0.6) is 0 Å². The molecule has 0 aliphatic carbocycles. The second-order valence-electron chi connectivity index (χ2n) is 12.9. The van der Waals surface area contributed by atoms with Gasteiger partial charge in [0.05, 0.1) is 6.61 Å². The second-order valence-corrected chi connectivity index (χ2v) is 12.9. The summed E-state index contributed by atoms with van der Waals surface area (Å²) in [7, 11) is 4.29. The first-order valence-corrected chi connectivity index (χ1v) is 17.4. The highest BCUT2D eigenvalue weighted by atomic mass is 16.5. The van der Waals surface area contributed by atoms with Gasteiger partial charge in [0.15, 0.2) is 0 Å². The van der Waals surface area contributed by atoms with Crippen LogP contribution in [0.25, 0.3) is 0 Å². The SMILES string of the molecule is CN(C)CCCN1c2ccccc2CCc2ccc(C#CCOCCCOCCCN3c4ccccc4CCc4ccccc43)cc21. The van der Waals surface area contributed by atoms with Crippen LogP contribution in [0.1, 0.15) is 47.1 Å². The van der Waals surface area contributed by atoms with Gasteiger partial charge in [0.25, 0.3) is 0 Å². The molecule has 0 bridgehead atoms. The van der Waals surface area contributed by atoms with Gasteiger partial charge in [0, 0.05) is 54.6 Å². The summed E-state index contributed by atoms with van der Waals surface area (Å²) in [5, 5.41) is 0. The van der Waals surface area contributed by atoms with Crippen molar-refractivity contribution in [1.29, 1.82) is 0 Å². The lowest BCUT2D eigenvalue weighted by atomic mass is 10.0. The number of rotatable bonds is 13. The standard InChI is InChI=1S/C42H49N3O2/c1-43(2)26-10-27-45-41-19-8-5-16-37(41)24-25-38-21-20-34(33-42(38)45)13-9-29-46-31-12-32-47-30-11-28-44-39-17-6-3-14-35(39)22-23-36-15-4-7-18-40(36)44/h3-8,14-21,33H,10-12,22-32H2,1-2H3. The molecule has 0 amide bonds. The molecule has 4 aromatic rings. The zero-order valence-electron chi connectivity index (χ0n) is 28.2. The van der Waals surface area contributed by atoms with Gasteiger partial charge in [0.1, 0.15) is 6.61 Å². The highest BCUT2D eigenvalue weighted by molar-refractivity contribution is 5.73. The van der Waals surface area contributed by atoms with Gasteiger partial charge in [-0.2, -0.15) is 0 Å². The summed E-state index contributed by atoms with van der Waals surface area (Å²) in [5.74, 6) is 6.60. The van der Waals surface area contributed by atoms with E-state index in [1.54, 1.807) is 0 Å². The van der Waals surface area contributed by atoms with E-state index in [2.05, 4.69) is 132 Å². The van der Waals surface area contributed by atoms with Gasteiger partial charge in [-0.25, -0.2) is 0 Å². The van der Waals surface area contributed by atoms with E-state index < -0.39 is 0 Å². The van der Waals surface area contributed by atoms with Gasteiger partial charge in [-0.05, 0) is 118 Å². The maximum Gasteiger partial charge on any atom is 0.108 e. The van der Waals surface area contributed by atoms with Gasteiger partial charge in [-0.15, -0.1) is 0 Å². The summed E-state index contributed by atoms with van der Waals surface area (Å²) < 4.78 is 11.8. The average molecular weight is 628 g/mol. The highest BCUT2D eigenvalue weighted by Gasteiger charge is 2.21. The van der Waals surface area contributed by atoms with Crippen LogP contribution < -0.4 is 9.80 Å². The van der Waals surface area contributed by atoms with Crippen LogP contribution in [0.4, 0.5) is 22.7 Å². The number of anilines is 4. The van der Waals surface area contributed by atoms with Crippen molar-refractivity contribution in [3.8, 4) is 11.8 Å². The number of para-hydroxylation sites is 3. The maximum atomic E-state index is 6.00. The molecule has 2 aliphatic heterocycles. The summed E-state index contributed by atoms with van der Waals surface area (Å²) in [5.41, 5.74) is 12.0. The van der Waals surface area contributed by atoms with E-state index in [0.717, 1.165) is 76.8 Å². The molecule has 0 spiro atoms. The normalized spacial score (nSPS) is 13.5. The van der Waals surface area contributed by atoms with Crippen molar-refractivity contribution in [2.45, 2.75) is 44.9 Å². The van der Waals surface area contributed by atoms with Crippen LogP contribution in [0.2, 0.25) is 0 Å². The van der Waals surface area contributed by atoms with Crippen LogP contribution in [0, 0.1) is 11.8 Å². The third kappa shape index (κ3) is 8.64. The smallest absolute Gasteiger partial charge is 0.108 e. The minimum atomic E-state index is 0.431. The zero-order valence-corrected chi connectivity index (χ0v) is 28.2. The summed E-state index contributed by atoms with van der Waals surface area (Å²) >= 11 is 0. The van der Waals surface area contributed by atoms with Crippen LogP contribution in [0.3, 0.4) is 0 Å². The van der Waals surface area contributed by atoms with E-state index in [4.69, 9.17) is 9.47 Å². The average Bonchev–Trinajstić information content (AvgIpc) is 3.35. The number of aryl methyl sites for hydroxylation is 4. The van der Waals surface area contributed by atoms with Crippen molar-refractivity contribution in [2.75, 3.05) is 70.0 Å². The van der Waals surface area contributed by atoms with E-state index >= 15 is 0 Å². The lowest BCUT2D eigenvalue weighted by Crippen LogP contribution is -2.24. The Balaban J connectivity index is 0.942. The molecular weight excluding hydrogens is 578 g/mol. The molecule has 0 aromatic heterocycles. The first-order valence-electron chi connectivity index (χ1n) is 17.4. The Morgan fingerprint density at radius 3 is 1.70 bits per heavy atom. The van der Waals surface area contributed by atoms with Gasteiger partial charge in [0.2, 0.25) is 0 Å². The van der Waals surface area contributed by atoms with Gasteiger partial charge >= 0.3 is 0 Å². The number of benzene rings is 4. The Morgan fingerprint density at radius 2 is 1.09 bits per heavy atom. The molecule has 2 heterocycles. The lowest BCUT2D eigenvalue weighted by molar-refractivity contribution is 0.0941. The first kappa shape index (κ1) is 32.8. The molecule has 0 saturated heterocycles. The summed E-state index contributed by atoms with van der Waals surface area (Å²) in [4.78, 5) is 7.25. The zero-order chi connectivity index (χ0) is 32.3. The Kier molecular flexibility index (Phi) is 11.6. The van der Waals surface area contributed by atoms with E-state index in [9.17, 15) is 0 Å². The molecule has 0 N–H and O–H groups in total. The van der Waals surface area contributed by atoms with Crippen LogP contribution in [-0.4, -0.2) is 65.1 Å². The lowest BCUT2D eigenvalue weighted by Gasteiger charge is -2.28. The van der Waals surface area contributed by atoms with Crippen molar-refractivity contribution in [2.24, 2.45) is 0 Å². The second kappa shape index (κ2) is 16.7. The number of hydrogen-bond acceptors (Lipinski definition) is 5. The van der Waals surface area contributed by atoms with Crippen molar-refractivity contribution < 1.29 is 9.47 Å². The molecule has 0 atom stereocenters. The summed E-state index contributed by atoms with van der Waals surface area (Å²) in [6.45, 7) is 5.54. The Hall–Kier alpha value is -4.08. The Morgan fingerprint density at radius 1 is 0.574 bits per heavy atom. The molecular formula is C42H49N3O2. The van der Waals surface area contributed by atoms with E-state index in [1.165, 1.54) is 45.0 Å². The number of fused-ring (bicyclic) bond motifs is 4. The fourth-order valence-electron chi connectivity index (χ4n) is 6.84. The minimum Gasteiger partial charge on any atom is -0.381 e. The molecule has 244 valence electrons. The number of hydrogen-bond donors (Lipinski definition) is 0. The molecule has 0 fully saturated rings. The fourth-order valence-corrected chi connectivity index (χ4v) is 6.84. The van der Waals surface area contributed by atoms with Crippen molar-refractivity contribution in [3.05, 3.63) is 119 Å².